The molecule has 15 N–H and O–H groups in total. The van der Waals surface area contributed by atoms with Crippen LogP contribution < -0.4 is 43.8 Å². The topological polar surface area (TPSA) is 373 Å². The van der Waals surface area contributed by atoms with Crippen LogP contribution >= 0.6 is 0 Å². The molecule has 6 amide bonds. The Hall–Kier alpha value is -4.89. The van der Waals surface area contributed by atoms with Gasteiger partial charge in [0, 0.05) is 19.3 Å². The largest absolute Gasteiger partial charge is 0.481 e. The molecule has 0 fully saturated rings. The fourth-order valence-corrected chi connectivity index (χ4v) is 4.66. The van der Waals surface area contributed by atoms with Gasteiger partial charge in [0.2, 0.25) is 35.4 Å². The number of amides is 6. The monoisotopic (exact) mass is 746 g/mol. The van der Waals surface area contributed by atoms with Crippen LogP contribution in [0.5, 0.6) is 0 Å². The summed E-state index contributed by atoms with van der Waals surface area (Å²) in [6.45, 7) is 4.90. The minimum absolute atomic E-state index is 0.0352. The molecule has 0 rings (SSSR count). The van der Waals surface area contributed by atoms with Crippen LogP contribution in [0.4, 0.5) is 0 Å². The highest BCUT2D eigenvalue weighted by Gasteiger charge is 2.34. The first-order chi connectivity index (χ1) is 24.2. The van der Waals surface area contributed by atoms with E-state index in [1.165, 1.54) is 6.92 Å². The first-order valence-electron chi connectivity index (χ1n) is 16.8. The highest BCUT2D eigenvalue weighted by atomic mass is 16.4. The van der Waals surface area contributed by atoms with Gasteiger partial charge in [-0.05, 0) is 64.3 Å². The van der Waals surface area contributed by atoms with E-state index >= 15 is 0 Å². The first kappa shape index (κ1) is 47.1. The van der Waals surface area contributed by atoms with Crippen LogP contribution in [-0.4, -0.2) is 123 Å². The molecule has 0 aromatic heterocycles. The predicted molar refractivity (Wildman–Crippen MR) is 181 cm³/mol. The molecule has 21 heteroatoms. The number of carboxylic acids is 3. The summed E-state index contributed by atoms with van der Waals surface area (Å²) in [5.41, 5.74) is 16.5. The van der Waals surface area contributed by atoms with Crippen molar-refractivity contribution in [1.82, 2.24) is 26.6 Å². The molecule has 0 aromatic rings. The number of hydrogen-bond donors (Lipinski definition) is 12. The van der Waals surface area contributed by atoms with Crippen molar-refractivity contribution in [2.24, 2.45) is 23.1 Å². The molecule has 0 bridgehead atoms. The van der Waals surface area contributed by atoms with Gasteiger partial charge in [-0.15, -0.1) is 0 Å². The summed E-state index contributed by atoms with van der Waals surface area (Å²) in [6.07, 6.45) is -3.47. The smallest absolute Gasteiger partial charge is 0.326 e. The maximum Gasteiger partial charge on any atom is 0.326 e. The van der Waals surface area contributed by atoms with E-state index in [4.69, 9.17) is 22.3 Å². The Morgan fingerprint density at radius 3 is 1.35 bits per heavy atom. The lowest BCUT2D eigenvalue weighted by Crippen LogP contribution is -2.59. The van der Waals surface area contributed by atoms with Crippen molar-refractivity contribution in [3.05, 3.63) is 0 Å². The van der Waals surface area contributed by atoms with Crippen LogP contribution in [0.3, 0.4) is 0 Å². The van der Waals surface area contributed by atoms with Crippen LogP contribution in [0.1, 0.15) is 85.0 Å². The number of rotatable bonds is 27. The summed E-state index contributed by atoms with van der Waals surface area (Å²) in [5.74, 6) is -10.1. The number of aliphatic carboxylic acids is 3. The second-order valence-electron chi connectivity index (χ2n) is 12.7. The Bertz CT molecular complexity index is 1260. The molecule has 296 valence electrons. The van der Waals surface area contributed by atoms with Crippen molar-refractivity contribution < 1.29 is 63.6 Å². The quantitative estimate of drug-likeness (QED) is 0.0361. The van der Waals surface area contributed by atoms with Gasteiger partial charge in [-0.25, -0.2) is 4.79 Å². The molecule has 0 spiro atoms. The van der Waals surface area contributed by atoms with Crippen molar-refractivity contribution in [2.75, 3.05) is 6.54 Å². The van der Waals surface area contributed by atoms with Crippen LogP contribution in [0.2, 0.25) is 0 Å². The number of primary amides is 1. The summed E-state index contributed by atoms with van der Waals surface area (Å²) < 4.78 is 0. The van der Waals surface area contributed by atoms with E-state index in [9.17, 15) is 58.5 Å². The van der Waals surface area contributed by atoms with Gasteiger partial charge < -0.3 is 64.2 Å². The molecule has 0 aliphatic heterocycles. The average Bonchev–Trinajstić information content (AvgIpc) is 3.04. The standard InChI is InChI=1S/C31H54N8O13/c1-15(2)14-21(29(49)38-20(31(51)52)9-12-24(44)45)39-28(48)19(8-11-23(42)43)36-27(47)18(7-10-22(33)41)35-26(46)17(6-4-5-13-32)37-30(50)25(34)16(3)40/h15-21,25,40H,4-14,32,34H2,1-3H3,(H2,33,41)(H,35,46)(H,36,47)(H,37,50)(H,38,49)(H,39,48)(H,42,43)(H,44,45)(H,51,52). The lowest BCUT2D eigenvalue weighted by Gasteiger charge is -2.27. The number of unbranched alkanes of at least 4 members (excludes halogenated alkanes) is 1. The zero-order valence-corrected chi connectivity index (χ0v) is 29.6. The molecule has 0 aliphatic carbocycles. The molecule has 0 saturated heterocycles. The van der Waals surface area contributed by atoms with Gasteiger partial charge in [0.15, 0.2) is 0 Å². The molecular weight excluding hydrogens is 692 g/mol. The molecule has 7 unspecified atom stereocenters. The Kier molecular flexibility index (Phi) is 22.0. The predicted octanol–water partition coefficient (Wildman–Crippen LogP) is -3.63. The van der Waals surface area contributed by atoms with Crippen LogP contribution in [0.15, 0.2) is 0 Å². The molecular formula is C31H54N8O13. The van der Waals surface area contributed by atoms with Crippen LogP contribution in [-0.2, 0) is 43.2 Å². The van der Waals surface area contributed by atoms with E-state index in [0.29, 0.717) is 12.8 Å². The van der Waals surface area contributed by atoms with Gasteiger partial charge in [-0.3, -0.25) is 38.4 Å². The minimum atomic E-state index is -1.63. The van der Waals surface area contributed by atoms with Gasteiger partial charge in [0.05, 0.1) is 6.10 Å². The number of aliphatic hydroxyl groups is 1. The van der Waals surface area contributed by atoms with Crippen molar-refractivity contribution in [2.45, 2.75) is 127 Å². The molecule has 52 heavy (non-hydrogen) atoms. The molecule has 0 aliphatic rings. The van der Waals surface area contributed by atoms with Crippen molar-refractivity contribution in [3.8, 4) is 0 Å². The second kappa shape index (κ2) is 24.3. The van der Waals surface area contributed by atoms with Crippen molar-refractivity contribution in [1.29, 1.82) is 0 Å². The average molecular weight is 747 g/mol. The maximum atomic E-state index is 13.5. The summed E-state index contributed by atoms with van der Waals surface area (Å²) in [6, 6.07) is -8.88. The Balaban J connectivity index is 6.31. The fourth-order valence-electron chi connectivity index (χ4n) is 4.66. The number of carbonyl (C=O) groups is 9. The van der Waals surface area contributed by atoms with Crippen LogP contribution in [0.25, 0.3) is 0 Å². The van der Waals surface area contributed by atoms with Gasteiger partial charge >= 0.3 is 17.9 Å². The summed E-state index contributed by atoms with van der Waals surface area (Å²) in [7, 11) is 0. The molecule has 0 aromatic carbocycles. The van der Waals surface area contributed by atoms with Crippen molar-refractivity contribution in [3.63, 3.8) is 0 Å². The summed E-state index contributed by atoms with van der Waals surface area (Å²) >= 11 is 0. The lowest BCUT2D eigenvalue weighted by atomic mass is 10.0. The van der Waals surface area contributed by atoms with Gasteiger partial charge in [0.1, 0.15) is 36.3 Å². The van der Waals surface area contributed by atoms with Gasteiger partial charge in [0.25, 0.3) is 0 Å². The SMILES string of the molecule is CC(C)CC(NC(=O)C(CCC(=O)O)NC(=O)C(CCC(N)=O)NC(=O)C(CCCCN)NC(=O)C(N)C(C)O)C(=O)NC(CCC(=O)O)C(=O)O. The maximum absolute atomic E-state index is 13.5. The highest BCUT2D eigenvalue weighted by molar-refractivity contribution is 5.96. The summed E-state index contributed by atoms with van der Waals surface area (Å²) in [5, 5.41) is 49.1. The minimum Gasteiger partial charge on any atom is -0.481 e. The molecule has 0 saturated carbocycles. The van der Waals surface area contributed by atoms with Gasteiger partial charge in [-0.2, -0.15) is 0 Å². The third kappa shape index (κ3) is 19.5. The fraction of sp³-hybridized carbons (Fsp3) is 0.710. The number of carboxylic acid groups (broad SMARTS) is 3. The molecule has 21 nitrogen and oxygen atoms in total. The zero-order chi connectivity index (χ0) is 40.1. The van der Waals surface area contributed by atoms with E-state index in [0.717, 1.165) is 0 Å². The van der Waals surface area contributed by atoms with E-state index in [1.54, 1.807) is 13.8 Å². The first-order valence-corrected chi connectivity index (χ1v) is 16.8. The second-order valence-corrected chi connectivity index (χ2v) is 12.7. The molecule has 0 heterocycles. The number of carbonyl (C=O) groups excluding carboxylic acids is 6. The van der Waals surface area contributed by atoms with Gasteiger partial charge in [-0.1, -0.05) is 13.8 Å². The normalized spacial score (nSPS) is 15.1. The summed E-state index contributed by atoms with van der Waals surface area (Å²) in [4.78, 5) is 112. The van der Waals surface area contributed by atoms with Crippen LogP contribution in [0, 0.1) is 5.92 Å². The Morgan fingerprint density at radius 2 is 0.942 bits per heavy atom. The van der Waals surface area contributed by atoms with E-state index in [2.05, 4.69) is 26.6 Å². The Morgan fingerprint density at radius 1 is 0.558 bits per heavy atom. The Labute approximate surface area is 300 Å². The highest BCUT2D eigenvalue weighted by Crippen LogP contribution is 2.10. The zero-order valence-electron chi connectivity index (χ0n) is 29.6. The third-order valence-corrected chi connectivity index (χ3v) is 7.60. The van der Waals surface area contributed by atoms with E-state index < -0.39 is 128 Å². The molecule has 7 atom stereocenters. The third-order valence-electron chi connectivity index (χ3n) is 7.60. The lowest BCUT2D eigenvalue weighted by molar-refractivity contribution is -0.143. The molecule has 0 radical (unpaired) electrons. The number of nitrogens with one attached hydrogen (secondary N) is 5. The number of nitrogens with two attached hydrogens (primary N) is 3. The van der Waals surface area contributed by atoms with E-state index in [1.807, 2.05) is 0 Å². The van der Waals surface area contributed by atoms with Crippen molar-refractivity contribution >= 4 is 53.4 Å². The van der Waals surface area contributed by atoms with E-state index in [-0.39, 0.29) is 31.7 Å². The number of aliphatic hydroxyl groups excluding tert-OH is 1. The number of hydrogen-bond acceptors (Lipinski definition) is 12.